The van der Waals surface area contributed by atoms with Crippen LogP contribution in [-0.4, -0.2) is 199 Å². The number of aliphatic hydroxyl groups excluding tert-OH is 6. The van der Waals surface area contributed by atoms with Crippen molar-refractivity contribution >= 4 is 47.8 Å². The predicted octanol–water partition coefficient (Wildman–Crippen LogP) is -3.36. The topological polar surface area (TPSA) is 377 Å². The van der Waals surface area contributed by atoms with Crippen LogP contribution in [0.5, 0.6) is 11.5 Å². The smallest absolute Gasteiger partial charge is 0.261 e. The maximum Gasteiger partial charge on any atom is 0.261 e. The van der Waals surface area contributed by atoms with Crippen molar-refractivity contribution in [3.05, 3.63) is 59.7 Å². The molecule has 13 N–H and O–H groups in total. The summed E-state index contributed by atoms with van der Waals surface area (Å²) in [4.78, 5) is 87.3. The molecule has 2 aromatic rings. The first kappa shape index (κ1) is 57.0. The Labute approximate surface area is 423 Å². The minimum Gasteiger partial charge on any atom is -0.504 e. The third-order valence-corrected chi connectivity index (χ3v) is 13.5. The van der Waals surface area contributed by atoms with E-state index in [2.05, 4.69) is 36.0 Å². The Kier molecular flexibility index (Phi) is 20.5. The minimum atomic E-state index is -2.05. The number of ether oxygens (including phenoxy) is 2. The molecule has 0 aromatic heterocycles. The first-order valence-corrected chi connectivity index (χ1v) is 24.5. The molecule has 27 heteroatoms. The maximum absolute atomic E-state index is 14.9. The Morgan fingerprint density at radius 3 is 2.15 bits per heavy atom. The van der Waals surface area contributed by atoms with Gasteiger partial charge in [-0.3, -0.25) is 28.8 Å². The second-order valence-electron chi connectivity index (χ2n) is 18.8. The lowest BCUT2D eigenvalue weighted by Crippen LogP contribution is -2.64. The molecule has 4 aliphatic heterocycles. The fourth-order valence-corrected chi connectivity index (χ4v) is 9.43. The van der Waals surface area contributed by atoms with Gasteiger partial charge in [-0.15, -0.1) is 0 Å². The van der Waals surface area contributed by atoms with E-state index >= 15 is 0 Å². The van der Waals surface area contributed by atoms with Crippen LogP contribution in [0.15, 0.2) is 48.5 Å². The van der Waals surface area contributed by atoms with Crippen molar-refractivity contribution in [3.8, 4) is 11.5 Å². The van der Waals surface area contributed by atoms with E-state index in [4.69, 9.17) is 18.9 Å². The Morgan fingerprint density at radius 2 is 1.47 bits per heavy atom. The van der Waals surface area contributed by atoms with Gasteiger partial charge in [-0.1, -0.05) is 59.6 Å². The molecule has 0 saturated carbocycles. The highest BCUT2D eigenvalue weighted by Gasteiger charge is 2.49. The monoisotopic (exact) mass is 1050 g/mol. The second kappa shape index (κ2) is 26.3. The van der Waals surface area contributed by atoms with E-state index in [1.807, 2.05) is 30.3 Å². The van der Waals surface area contributed by atoms with Crippen LogP contribution in [0.4, 0.5) is 0 Å². The third-order valence-electron chi connectivity index (χ3n) is 13.2. The summed E-state index contributed by atoms with van der Waals surface area (Å²) in [7, 11) is 0. The summed E-state index contributed by atoms with van der Waals surface area (Å²) in [6.45, 7) is 3.40. The van der Waals surface area contributed by atoms with E-state index in [9.17, 15) is 64.5 Å². The van der Waals surface area contributed by atoms with Crippen molar-refractivity contribution in [2.75, 3.05) is 39.4 Å². The molecule has 4 saturated heterocycles. The number of β-amino-alcohol motifs (C(OH)–C–C–N with tert-alkyl or cyclic N) is 1. The zero-order valence-electron chi connectivity index (χ0n) is 40.2. The lowest BCUT2D eigenvalue weighted by atomic mass is 9.98. The standard InChI is InChI=1S/C46H65N7O19S/c1-22-13-28(55)17-48-43(64)38-39(60)23(2)18-53(38)45(66)37(32(58)11-12-47-27-20-68-46(69-21-27)26-7-5-4-6-8-26)51-42(63)36(33(59)14-25-9-10-31(57)34(15-25)70-73-72-71-67)50-41(62)30-16-29(56)19-52(30)44(65)35(24(3)54)49-40(22)61/h4-10,15,22-24,27-30,32-33,35-39,46-47,54-60,67H,11-14,16-21H2,1-3H3,(H,48,64)(H,49,61)(H,50,62)(H,51,63)/t22?,23-,24+,27?,28+,29+,30-,32+,33+,35-,36-,37-,38-,39-,46?/m0/s1. The number of nitrogens with one attached hydrogen (secondary N) is 5. The normalized spacial score (nSPS) is 31.5. The summed E-state index contributed by atoms with van der Waals surface area (Å²) in [5.74, 6) is -8.63. The van der Waals surface area contributed by atoms with Crippen molar-refractivity contribution in [1.82, 2.24) is 36.4 Å². The molecule has 2 aromatic carbocycles. The Bertz CT molecular complexity index is 2210. The van der Waals surface area contributed by atoms with Crippen LogP contribution in [0.1, 0.15) is 57.5 Å². The number of carbonyl (C=O) groups excluding carboxylic acids is 6. The van der Waals surface area contributed by atoms with Crippen molar-refractivity contribution < 1.29 is 92.8 Å². The molecule has 6 amide bonds. The average Bonchev–Trinajstić information content (AvgIpc) is 3.91. The Morgan fingerprint density at radius 1 is 0.795 bits per heavy atom. The second-order valence-corrected chi connectivity index (χ2v) is 19.3. The Balaban J connectivity index is 1.34. The molecule has 6 rings (SSSR count). The van der Waals surface area contributed by atoms with Crippen molar-refractivity contribution in [2.45, 2.75) is 126 Å². The van der Waals surface area contributed by atoms with Gasteiger partial charge in [-0.05, 0) is 44.0 Å². The number of nitrogens with zero attached hydrogens (tertiary/aromatic N) is 2. The van der Waals surface area contributed by atoms with E-state index in [0.29, 0.717) is 0 Å². The highest BCUT2D eigenvalue weighted by molar-refractivity contribution is 7.90. The number of carbonyl (C=O) groups is 6. The largest absolute Gasteiger partial charge is 0.504 e. The molecular formula is C46H65N7O19S. The average molecular weight is 1050 g/mol. The molecule has 404 valence electrons. The van der Waals surface area contributed by atoms with Crippen LogP contribution >= 0.6 is 12.3 Å². The molecule has 0 bridgehead atoms. The van der Waals surface area contributed by atoms with Gasteiger partial charge in [-0.25, -0.2) is 5.26 Å². The quantitative estimate of drug-likeness (QED) is 0.0380. The van der Waals surface area contributed by atoms with E-state index in [-0.39, 0.29) is 68.8 Å². The van der Waals surface area contributed by atoms with Crippen molar-refractivity contribution in [3.63, 3.8) is 0 Å². The fourth-order valence-electron chi connectivity index (χ4n) is 9.17. The van der Waals surface area contributed by atoms with Gasteiger partial charge in [0.05, 0.1) is 55.9 Å². The first-order chi connectivity index (χ1) is 34.8. The van der Waals surface area contributed by atoms with E-state index < -0.39 is 152 Å². The zero-order chi connectivity index (χ0) is 53.1. The van der Waals surface area contributed by atoms with Crippen LogP contribution < -0.4 is 30.8 Å². The van der Waals surface area contributed by atoms with Crippen LogP contribution in [0, 0.1) is 11.8 Å². The van der Waals surface area contributed by atoms with E-state index in [1.54, 1.807) is 6.92 Å². The highest BCUT2D eigenvalue weighted by atomic mass is 32.2. The van der Waals surface area contributed by atoms with Gasteiger partial charge in [0, 0.05) is 49.9 Å². The number of rotatable bonds is 14. The number of amides is 6. The summed E-state index contributed by atoms with van der Waals surface area (Å²) in [6.07, 6.45) is -11.5. The summed E-state index contributed by atoms with van der Waals surface area (Å²) in [5, 5.41) is 103. The number of aromatic hydroxyl groups is 1. The first-order valence-electron chi connectivity index (χ1n) is 23.8. The van der Waals surface area contributed by atoms with E-state index in [1.165, 1.54) is 26.0 Å². The number of benzene rings is 2. The molecule has 4 heterocycles. The summed E-state index contributed by atoms with van der Waals surface area (Å²) in [5.41, 5.74) is 0.972. The highest BCUT2D eigenvalue weighted by Crippen LogP contribution is 2.31. The van der Waals surface area contributed by atoms with Gasteiger partial charge in [0.25, 0.3) is 12.3 Å². The van der Waals surface area contributed by atoms with Gasteiger partial charge >= 0.3 is 0 Å². The molecule has 26 nitrogen and oxygen atoms in total. The number of hydrogen-bond donors (Lipinski definition) is 13. The number of hydrogen-bond acceptors (Lipinski definition) is 21. The number of phenolic OH excluding ortho intramolecular Hbond substituents is 1. The van der Waals surface area contributed by atoms with Gasteiger partial charge < -0.3 is 85.8 Å². The number of fused-ring (bicyclic) bond motifs is 2. The van der Waals surface area contributed by atoms with Gasteiger partial charge in [0.2, 0.25) is 35.4 Å². The number of phenols is 1. The molecule has 0 aliphatic carbocycles. The van der Waals surface area contributed by atoms with Crippen molar-refractivity contribution in [2.24, 2.45) is 11.8 Å². The fraction of sp³-hybridized carbons (Fsp3) is 0.609. The van der Waals surface area contributed by atoms with Gasteiger partial charge in [-0.2, -0.15) is 0 Å². The number of aliphatic hydroxyl groups is 6. The lowest BCUT2D eigenvalue weighted by molar-refractivity contribution is -0.433. The predicted molar refractivity (Wildman–Crippen MR) is 251 cm³/mol. The van der Waals surface area contributed by atoms with Crippen molar-refractivity contribution in [1.29, 1.82) is 0 Å². The molecule has 1 unspecified atom stereocenters. The SMILES string of the molecule is CC1C[C@@H](O)CNC(=O)[C@@H]2[C@@H](O)[C@@H](C)CN2C(=O)[C@H]([C@H](O)CCNC2COC(c3ccccc3)OC2)NC(=O)[C@H]([C@H](O)Cc2ccc(O)c(OSOOO)c2)NC(=O)[C@@H]2C[C@@H](O)CN2C(=O)[C@H]([C@@H](C)O)NC1=O. The van der Waals surface area contributed by atoms with Gasteiger partial charge in [0.1, 0.15) is 30.2 Å². The minimum absolute atomic E-state index is 0.00788. The Hall–Kier alpha value is -5.27. The molecule has 4 aliphatic rings. The molecular weight excluding hydrogens is 987 g/mol. The van der Waals surface area contributed by atoms with Crippen LogP contribution in [0.25, 0.3) is 0 Å². The van der Waals surface area contributed by atoms with Crippen LogP contribution in [-0.2, 0) is 54.0 Å². The van der Waals surface area contributed by atoms with E-state index in [0.717, 1.165) is 21.4 Å². The van der Waals surface area contributed by atoms with Crippen LogP contribution in [0.2, 0.25) is 0 Å². The summed E-state index contributed by atoms with van der Waals surface area (Å²) < 4.78 is 21.1. The molecule has 4 fully saturated rings. The van der Waals surface area contributed by atoms with Gasteiger partial charge in [0.15, 0.2) is 17.8 Å². The zero-order valence-corrected chi connectivity index (χ0v) is 41.0. The van der Waals surface area contributed by atoms with Crippen LogP contribution in [0.3, 0.4) is 0 Å². The summed E-state index contributed by atoms with van der Waals surface area (Å²) >= 11 is 0.0999. The molecule has 0 spiro atoms. The molecule has 73 heavy (non-hydrogen) atoms. The molecule has 13 atom stereocenters. The third kappa shape index (κ3) is 14.7. The summed E-state index contributed by atoms with van der Waals surface area (Å²) in [6, 6.07) is 3.67. The molecule has 0 radical (unpaired) electrons. The maximum atomic E-state index is 14.9. The lowest BCUT2D eigenvalue weighted by Gasteiger charge is -2.34.